The zero-order chi connectivity index (χ0) is 21.6. The van der Waals surface area contributed by atoms with E-state index in [2.05, 4.69) is 17.0 Å². The lowest BCUT2D eigenvalue weighted by atomic mass is 9.96. The molecule has 1 amide bonds. The lowest BCUT2D eigenvalue weighted by Gasteiger charge is -2.30. The zero-order valence-corrected chi connectivity index (χ0v) is 19.3. The largest absolute Gasteiger partial charge is 0.352 e. The molecule has 3 N–H and O–H groups in total. The zero-order valence-electron chi connectivity index (χ0n) is 18.5. The first kappa shape index (κ1) is 23.2. The van der Waals surface area contributed by atoms with Crippen LogP contribution in [0.3, 0.4) is 0 Å². The summed E-state index contributed by atoms with van der Waals surface area (Å²) in [5.41, 5.74) is 1.24. The maximum absolute atomic E-state index is 12.8. The minimum Gasteiger partial charge on any atom is -0.352 e. The van der Waals surface area contributed by atoms with Gasteiger partial charge < -0.3 is 10.2 Å². The molecule has 7 heteroatoms. The van der Waals surface area contributed by atoms with Gasteiger partial charge in [-0.1, -0.05) is 25.3 Å². The summed E-state index contributed by atoms with van der Waals surface area (Å²) in [5.74, 6) is -0.191. The molecule has 2 atom stereocenters. The van der Waals surface area contributed by atoms with Gasteiger partial charge in [0.25, 0.3) is 5.91 Å². The topological polar surface area (TPSA) is 79.7 Å². The Hall–Kier alpha value is -1.44. The summed E-state index contributed by atoms with van der Waals surface area (Å²) in [4.78, 5) is 14.5. The molecule has 0 spiro atoms. The van der Waals surface area contributed by atoms with Gasteiger partial charge >= 0.3 is 0 Å². The minimum atomic E-state index is -3.61. The standard InChI is InChI=1S/C23H37N3O3S/c1-18-12-13-21(30(28,29)25-20-10-4-3-5-11-20)17-22(18)23(27)24-14-8-16-26-15-7-6-9-19(26)2/h12-13,17,19-20,25H,3-11,14-16H2,1-2H3,(H,24,27)/p+1/t19-/m0/s1. The lowest BCUT2D eigenvalue weighted by molar-refractivity contribution is -0.928. The van der Waals surface area contributed by atoms with Crippen LogP contribution >= 0.6 is 0 Å². The van der Waals surface area contributed by atoms with Crippen molar-refractivity contribution in [2.75, 3.05) is 19.6 Å². The maximum atomic E-state index is 12.8. The van der Waals surface area contributed by atoms with E-state index in [1.165, 1.54) is 38.3 Å². The van der Waals surface area contributed by atoms with Crippen LogP contribution in [0.2, 0.25) is 0 Å². The van der Waals surface area contributed by atoms with E-state index in [1.54, 1.807) is 17.0 Å². The molecule has 0 bridgehead atoms. The number of hydrogen-bond acceptors (Lipinski definition) is 3. The van der Waals surface area contributed by atoms with E-state index in [1.807, 2.05) is 6.92 Å². The first-order chi connectivity index (χ1) is 14.4. The van der Waals surface area contributed by atoms with Gasteiger partial charge in [-0.3, -0.25) is 4.79 Å². The summed E-state index contributed by atoms with van der Waals surface area (Å²) in [6, 6.07) is 5.55. The molecule has 1 saturated heterocycles. The van der Waals surface area contributed by atoms with Gasteiger partial charge in [-0.05, 0) is 63.6 Å². The number of benzene rings is 1. The van der Waals surface area contributed by atoms with Crippen molar-refractivity contribution in [2.45, 2.75) is 88.6 Å². The third kappa shape index (κ3) is 6.28. The van der Waals surface area contributed by atoms with Crippen LogP contribution in [0.15, 0.2) is 23.1 Å². The predicted molar refractivity (Wildman–Crippen MR) is 119 cm³/mol. The van der Waals surface area contributed by atoms with Crippen molar-refractivity contribution in [2.24, 2.45) is 0 Å². The molecule has 1 aliphatic heterocycles. The molecule has 0 aromatic heterocycles. The fourth-order valence-electron chi connectivity index (χ4n) is 4.76. The second-order valence-electron chi connectivity index (χ2n) is 9.10. The average molecular weight is 437 g/mol. The Balaban J connectivity index is 1.56. The number of likely N-dealkylation sites (tertiary alicyclic amines) is 1. The second kappa shape index (κ2) is 10.7. The van der Waals surface area contributed by atoms with Gasteiger partial charge in [0.05, 0.1) is 24.0 Å². The van der Waals surface area contributed by atoms with Crippen molar-refractivity contribution in [3.63, 3.8) is 0 Å². The molecule has 1 unspecified atom stereocenters. The van der Waals surface area contributed by atoms with E-state index >= 15 is 0 Å². The highest BCUT2D eigenvalue weighted by Crippen LogP contribution is 2.21. The SMILES string of the molecule is Cc1ccc(S(=O)(=O)NC2CCCCC2)cc1C(=O)NCCC[NH+]1CCCC[C@@H]1C. The molecule has 1 aromatic rings. The van der Waals surface area contributed by atoms with Gasteiger partial charge in [-0.25, -0.2) is 13.1 Å². The highest BCUT2D eigenvalue weighted by Gasteiger charge is 2.24. The molecule has 6 nitrogen and oxygen atoms in total. The summed E-state index contributed by atoms with van der Waals surface area (Å²) < 4.78 is 28.4. The average Bonchev–Trinajstić information content (AvgIpc) is 2.73. The normalized spacial score (nSPS) is 23.3. The van der Waals surface area contributed by atoms with Crippen molar-refractivity contribution in [1.82, 2.24) is 10.0 Å². The van der Waals surface area contributed by atoms with E-state index in [4.69, 9.17) is 0 Å². The van der Waals surface area contributed by atoms with Gasteiger partial charge in [0.15, 0.2) is 0 Å². The van der Waals surface area contributed by atoms with E-state index in [-0.39, 0.29) is 16.8 Å². The van der Waals surface area contributed by atoms with Gasteiger partial charge in [0.1, 0.15) is 0 Å². The fourth-order valence-corrected chi connectivity index (χ4v) is 6.09. The Morgan fingerprint density at radius 3 is 2.57 bits per heavy atom. The van der Waals surface area contributed by atoms with Gasteiger partial charge in [0, 0.05) is 24.6 Å². The van der Waals surface area contributed by atoms with Crippen LogP contribution in [0.1, 0.15) is 80.6 Å². The molecule has 3 rings (SSSR count). The van der Waals surface area contributed by atoms with Crippen LogP contribution in [0, 0.1) is 6.92 Å². The Bertz CT molecular complexity index is 819. The minimum absolute atomic E-state index is 0.00186. The highest BCUT2D eigenvalue weighted by molar-refractivity contribution is 7.89. The Morgan fingerprint density at radius 1 is 1.10 bits per heavy atom. The molecule has 168 valence electrons. The molecule has 1 aliphatic carbocycles. The number of quaternary nitrogens is 1. The molecule has 1 aromatic carbocycles. The predicted octanol–water partition coefficient (Wildman–Crippen LogP) is 2.18. The Morgan fingerprint density at radius 2 is 1.83 bits per heavy atom. The van der Waals surface area contributed by atoms with Crippen molar-refractivity contribution in [3.8, 4) is 0 Å². The summed E-state index contributed by atoms with van der Waals surface area (Å²) in [7, 11) is -3.61. The molecule has 0 radical (unpaired) electrons. The molecule has 2 aliphatic rings. The molecule has 2 fully saturated rings. The fraction of sp³-hybridized carbons (Fsp3) is 0.696. The third-order valence-corrected chi connectivity index (χ3v) is 8.25. The van der Waals surface area contributed by atoms with Crippen LogP contribution in [0.4, 0.5) is 0 Å². The number of piperidine rings is 1. The molecular formula is C23H38N3O3S+. The van der Waals surface area contributed by atoms with E-state index < -0.39 is 10.0 Å². The van der Waals surface area contributed by atoms with Gasteiger partial charge in [-0.2, -0.15) is 0 Å². The number of carbonyl (C=O) groups excluding carboxylic acids is 1. The van der Waals surface area contributed by atoms with Gasteiger partial charge in [0.2, 0.25) is 10.0 Å². The molecule has 30 heavy (non-hydrogen) atoms. The van der Waals surface area contributed by atoms with E-state index in [0.717, 1.165) is 44.2 Å². The summed E-state index contributed by atoms with van der Waals surface area (Å²) in [6.45, 7) is 7.07. The number of sulfonamides is 1. The van der Waals surface area contributed by atoms with Crippen LogP contribution in [-0.4, -0.2) is 46.0 Å². The maximum Gasteiger partial charge on any atom is 0.251 e. The number of carbonyl (C=O) groups is 1. The van der Waals surface area contributed by atoms with Crippen molar-refractivity contribution in [3.05, 3.63) is 29.3 Å². The van der Waals surface area contributed by atoms with E-state index in [0.29, 0.717) is 18.2 Å². The van der Waals surface area contributed by atoms with E-state index in [9.17, 15) is 13.2 Å². The number of aryl methyl sites for hydroxylation is 1. The van der Waals surface area contributed by atoms with Crippen LogP contribution < -0.4 is 14.9 Å². The van der Waals surface area contributed by atoms with Crippen LogP contribution in [0.5, 0.6) is 0 Å². The van der Waals surface area contributed by atoms with Gasteiger partial charge in [-0.15, -0.1) is 0 Å². The Labute approximate surface area is 181 Å². The first-order valence-electron chi connectivity index (χ1n) is 11.6. The third-order valence-electron chi connectivity index (χ3n) is 6.73. The molecule has 1 saturated carbocycles. The number of nitrogens with one attached hydrogen (secondary N) is 3. The molecular weight excluding hydrogens is 398 g/mol. The quantitative estimate of drug-likeness (QED) is 0.547. The Kier molecular flexibility index (Phi) is 8.31. The number of amides is 1. The lowest BCUT2D eigenvalue weighted by Crippen LogP contribution is -3.16. The summed E-state index contributed by atoms with van der Waals surface area (Å²) in [6.07, 6.45) is 9.91. The van der Waals surface area contributed by atoms with Crippen molar-refractivity contribution in [1.29, 1.82) is 0 Å². The van der Waals surface area contributed by atoms with Crippen molar-refractivity contribution >= 4 is 15.9 Å². The first-order valence-corrected chi connectivity index (χ1v) is 13.1. The smallest absolute Gasteiger partial charge is 0.251 e. The number of rotatable bonds is 8. The summed E-state index contributed by atoms with van der Waals surface area (Å²) >= 11 is 0. The number of hydrogen-bond donors (Lipinski definition) is 3. The monoisotopic (exact) mass is 436 g/mol. The summed E-state index contributed by atoms with van der Waals surface area (Å²) in [5, 5.41) is 2.99. The van der Waals surface area contributed by atoms with Crippen LogP contribution in [-0.2, 0) is 10.0 Å². The molecule has 1 heterocycles. The highest BCUT2D eigenvalue weighted by atomic mass is 32.2. The second-order valence-corrected chi connectivity index (χ2v) is 10.8. The van der Waals surface area contributed by atoms with Crippen LogP contribution in [0.25, 0.3) is 0 Å². The van der Waals surface area contributed by atoms with Crippen molar-refractivity contribution < 1.29 is 18.1 Å².